The Kier molecular flexibility index (Phi) is 3.66. The molecule has 5 heteroatoms. The summed E-state index contributed by atoms with van der Waals surface area (Å²) in [4.78, 5) is 27.6. The lowest BCUT2D eigenvalue weighted by molar-refractivity contribution is 0.104. The summed E-state index contributed by atoms with van der Waals surface area (Å²) in [5, 5.41) is 0.395. The summed E-state index contributed by atoms with van der Waals surface area (Å²) in [5.74, 6) is 0.181. The lowest BCUT2D eigenvalue weighted by atomic mass is 10.0. The van der Waals surface area contributed by atoms with Crippen molar-refractivity contribution in [3.05, 3.63) is 79.8 Å². The first-order valence-electron chi connectivity index (χ1n) is 7.77. The summed E-state index contributed by atoms with van der Waals surface area (Å²) >= 11 is 1.35. The molecule has 3 aromatic heterocycles. The molecule has 124 valence electrons. The Morgan fingerprint density at radius 3 is 2.60 bits per heavy atom. The molecule has 0 unspecified atom stereocenters. The number of fused-ring (bicyclic) bond motifs is 1. The van der Waals surface area contributed by atoms with Crippen LogP contribution in [0.5, 0.6) is 0 Å². The number of hydrogen-bond acceptors (Lipinski definition) is 5. The minimum Gasteiger partial charge on any atom is -0.461 e. The lowest BCUT2D eigenvalue weighted by Gasteiger charge is -2.07. The van der Waals surface area contributed by atoms with Gasteiger partial charge in [-0.1, -0.05) is 11.6 Å². The first-order valence-corrected chi connectivity index (χ1v) is 8.59. The van der Waals surface area contributed by atoms with Gasteiger partial charge in [-0.25, -0.2) is 0 Å². The van der Waals surface area contributed by atoms with Gasteiger partial charge < -0.3 is 8.83 Å². The number of benzene rings is 1. The highest BCUT2D eigenvalue weighted by Gasteiger charge is 2.25. The van der Waals surface area contributed by atoms with Crippen LogP contribution in [0.3, 0.4) is 0 Å². The van der Waals surface area contributed by atoms with Crippen LogP contribution in [0.25, 0.3) is 22.5 Å². The molecule has 4 nitrogen and oxygen atoms in total. The van der Waals surface area contributed by atoms with E-state index in [4.69, 9.17) is 8.83 Å². The third-order valence-corrected chi connectivity index (χ3v) is 4.98. The van der Waals surface area contributed by atoms with Crippen LogP contribution in [0.15, 0.2) is 62.4 Å². The largest absolute Gasteiger partial charge is 0.461 e. The molecule has 4 rings (SSSR count). The minimum absolute atomic E-state index is 0.00917. The van der Waals surface area contributed by atoms with E-state index in [1.807, 2.05) is 26.0 Å². The van der Waals surface area contributed by atoms with Crippen LogP contribution in [0.2, 0.25) is 0 Å². The smallest absolute Gasteiger partial charge is 0.210 e. The molecule has 0 saturated heterocycles. The maximum absolute atomic E-state index is 13.1. The molecule has 25 heavy (non-hydrogen) atoms. The van der Waals surface area contributed by atoms with Crippen LogP contribution in [-0.2, 0) is 0 Å². The first-order chi connectivity index (χ1) is 12.0. The molecule has 0 bridgehead atoms. The molecule has 0 aliphatic rings. The molecule has 0 aliphatic heterocycles. The van der Waals surface area contributed by atoms with Gasteiger partial charge in [0.1, 0.15) is 11.1 Å². The lowest BCUT2D eigenvalue weighted by Crippen LogP contribution is -2.17. The van der Waals surface area contributed by atoms with E-state index < -0.39 is 0 Å². The fourth-order valence-electron chi connectivity index (χ4n) is 2.78. The number of ketones is 1. The third-order valence-electron chi connectivity index (χ3n) is 3.98. The molecule has 3 heterocycles. The van der Waals surface area contributed by atoms with Crippen molar-refractivity contribution in [2.75, 3.05) is 0 Å². The van der Waals surface area contributed by atoms with E-state index in [-0.39, 0.29) is 22.5 Å². The zero-order valence-corrected chi connectivity index (χ0v) is 14.5. The second kappa shape index (κ2) is 5.86. The summed E-state index contributed by atoms with van der Waals surface area (Å²) in [6, 6.07) is 12.3. The number of carbonyl (C=O) groups is 1. The van der Waals surface area contributed by atoms with E-state index in [0.29, 0.717) is 21.6 Å². The number of furan rings is 1. The normalized spacial score (nSPS) is 11.1. The number of hydrogen-bond donors (Lipinski definition) is 0. The van der Waals surface area contributed by atoms with Crippen molar-refractivity contribution < 1.29 is 13.6 Å². The van der Waals surface area contributed by atoms with Gasteiger partial charge in [0.25, 0.3) is 0 Å². The first kappa shape index (κ1) is 15.6. The van der Waals surface area contributed by atoms with E-state index >= 15 is 0 Å². The Morgan fingerprint density at radius 1 is 1.08 bits per heavy atom. The number of carbonyl (C=O) groups excluding carboxylic acids is 1. The molecule has 0 aliphatic carbocycles. The van der Waals surface area contributed by atoms with E-state index in [1.165, 1.54) is 17.6 Å². The van der Waals surface area contributed by atoms with Crippen LogP contribution in [-0.4, -0.2) is 5.78 Å². The van der Waals surface area contributed by atoms with Gasteiger partial charge in [-0.3, -0.25) is 9.59 Å². The van der Waals surface area contributed by atoms with Gasteiger partial charge in [0, 0.05) is 4.88 Å². The molecule has 0 spiro atoms. The van der Waals surface area contributed by atoms with Crippen molar-refractivity contribution in [1.29, 1.82) is 0 Å². The molecule has 0 radical (unpaired) electrons. The van der Waals surface area contributed by atoms with Crippen LogP contribution in [0.1, 0.15) is 25.7 Å². The second-order valence-corrected chi connectivity index (χ2v) is 7.14. The summed E-state index contributed by atoms with van der Waals surface area (Å²) in [6.45, 7) is 3.81. The van der Waals surface area contributed by atoms with Gasteiger partial charge in [0.2, 0.25) is 11.2 Å². The molecular formula is C20H14O4S. The highest BCUT2D eigenvalue weighted by Crippen LogP contribution is 2.29. The molecule has 1 aromatic carbocycles. The Hall–Kier alpha value is -2.92. The van der Waals surface area contributed by atoms with Crippen LogP contribution in [0.4, 0.5) is 0 Å². The second-order valence-electron chi connectivity index (χ2n) is 5.85. The Morgan fingerprint density at radius 2 is 1.92 bits per heavy atom. The minimum atomic E-state index is -0.346. The standard InChI is InChI=1S/C20H14O4S/c1-11-5-7-14-13(10-11)18(21)17(19(22)16-8-6-12(2)25-16)20(24-14)15-4-3-9-23-15/h3-10H,1-2H3. The van der Waals surface area contributed by atoms with Gasteiger partial charge in [0.05, 0.1) is 16.5 Å². The van der Waals surface area contributed by atoms with Gasteiger partial charge >= 0.3 is 0 Å². The maximum Gasteiger partial charge on any atom is 0.210 e. The van der Waals surface area contributed by atoms with Crippen molar-refractivity contribution >= 4 is 28.1 Å². The van der Waals surface area contributed by atoms with E-state index in [2.05, 4.69) is 0 Å². The quantitative estimate of drug-likeness (QED) is 0.490. The molecule has 4 aromatic rings. The zero-order chi connectivity index (χ0) is 17.6. The fourth-order valence-corrected chi connectivity index (χ4v) is 3.59. The van der Waals surface area contributed by atoms with Gasteiger partial charge in [-0.2, -0.15) is 0 Å². The summed E-state index contributed by atoms with van der Waals surface area (Å²) < 4.78 is 11.3. The highest BCUT2D eigenvalue weighted by atomic mass is 32.1. The zero-order valence-electron chi connectivity index (χ0n) is 13.7. The van der Waals surface area contributed by atoms with Crippen LogP contribution >= 0.6 is 11.3 Å². The maximum atomic E-state index is 13.1. The van der Waals surface area contributed by atoms with Gasteiger partial charge in [-0.05, 0) is 50.2 Å². The van der Waals surface area contributed by atoms with Crippen molar-refractivity contribution in [2.45, 2.75) is 13.8 Å². The average molecular weight is 350 g/mol. The third kappa shape index (κ3) is 2.62. The summed E-state index contributed by atoms with van der Waals surface area (Å²) in [5.41, 5.74) is 1.03. The van der Waals surface area contributed by atoms with Crippen molar-refractivity contribution in [1.82, 2.24) is 0 Å². The Bertz CT molecular complexity index is 1150. The van der Waals surface area contributed by atoms with Crippen LogP contribution < -0.4 is 5.43 Å². The summed E-state index contributed by atoms with van der Waals surface area (Å²) in [6.07, 6.45) is 1.48. The predicted octanol–water partition coefficient (Wildman–Crippen LogP) is 4.96. The summed E-state index contributed by atoms with van der Waals surface area (Å²) in [7, 11) is 0. The average Bonchev–Trinajstić information content (AvgIpc) is 3.26. The van der Waals surface area contributed by atoms with E-state index in [0.717, 1.165) is 10.4 Å². The van der Waals surface area contributed by atoms with Crippen molar-refractivity contribution in [3.63, 3.8) is 0 Å². The number of rotatable bonds is 3. The van der Waals surface area contributed by atoms with Crippen LogP contribution in [0, 0.1) is 13.8 Å². The van der Waals surface area contributed by atoms with E-state index in [9.17, 15) is 9.59 Å². The highest BCUT2D eigenvalue weighted by molar-refractivity contribution is 7.14. The molecule has 0 fully saturated rings. The SMILES string of the molecule is Cc1ccc2oc(-c3ccco3)c(C(=O)c3ccc(C)s3)c(=O)c2c1. The molecule has 0 atom stereocenters. The topological polar surface area (TPSA) is 60.4 Å². The number of aryl methyl sites for hydroxylation is 2. The van der Waals surface area contributed by atoms with Gasteiger partial charge in [-0.15, -0.1) is 11.3 Å². The Labute approximate surface area is 147 Å². The number of thiophene rings is 1. The molecule has 0 N–H and O–H groups in total. The molecular weight excluding hydrogens is 336 g/mol. The van der Waals surface area contributed by atoms with E-state index in [1.54, 1.807) is 30.3 Å². The van der Waals surface area contributed by atoms with Crippen molar-refractivity contribution in [2.24, 2.45) is 0 Å². The van der Waals surface area contributed by atoms with Crippen molar-refractivity contribution in [3.8, 4) is 11.5 Å². The molecule has 0 amide bonds. The van der Waals surface area contributed by atoms with Gasteiger partial charge in [0.15, 0.2) is 11.5 Å². The Balaban J connectivity index is 2.06. The molecule has 0 saturated carbocycles. The monoisotopic (exact) mass is 350 g/mol. The fraction of sp³-hybridized carbons (Fsp3) is 0.100. The predicted molar refractivity (Wildman–Crippen MR) is 97.4 cm³/mol.